The Morgan fingerprint density at radius 2 is 1.81 bits per heavy atom. The second kappa shape index (κ2) is 7.66. The lowest BCUT2D eigenvalue weighted by atomic mass is 10.0. The van der Waals surface area contributed by atoms with E-state index in [1.54, 1.807) is 0 Å². The number of rotatable bonds is 5. The van der Waals surface area contributed by atoms with Crippen molar-refractivity contribution in [2.24, 2.45) is 5.92 Å². The smallest absolute Gasteiger partial charge is 0.248 e. The van der Waals surface area contributed by atoms with Crippen LogP contribution in [0.5, 0.6) is 0 Å². The quantitative estimate of drug-likeness (QED) is 0.714. The van der Waals surface area contributed by atoms with Crippen LogP contribution >= 0.6 is 11.3 Å². The monoisotopic (exact) mass is 367 g/mol. The molecule has 0 unspecified atom stereocenters. The summed E-state index contributed by atoms with van der Waals surface area (Å²) in [4.78, 5) is 28.3. The maximum atomic E-state index is 12.5. The highest BCUT2D eigenvalue weighted by Crippen LogP contribution is 2.28. The van der Waals surface area contributed by atoms with Gasteiger partial charge in [0.25, 0.3) is 0 Å². The molecule has 134 valence electrons. The van der Waals surface area contributed by atoms with Gasteiger partial charge in [-0.05, 0) is 22.8 Å². The Morgan fingerprint density at radius 3 is 2.50 bits per heavy atom. The molecule has 26 heavy (non-hydrogen) atoms. The summed E-state index contributed by atoms with van der Waals surface area (Å²) >= 11 is 1.37. The van der Waals surface area contributed by atoms with E-state index < -0.39 is 6.04 Å². The van der Waals surface area contributed by atoms with Crippen molar-refractivity contribution in [2.45, 2.75) is 26.8 Å². The molecule has 0 aliphatic heterocycles. The van der Waals surface area contributed by atoms with E-state index in [0.29, 0.717) is 5.13 Å². The lowest BCUT2D eigenvalue weighted by molar-refractivity contribution is -0.126. The normalized spacial score (nSPS) is 12.2. The van der Waals surface area contributed by atoms with Gasteiger partial charge in [-0.2, -0.15) is 0 Å². The Bertz CT molecular complexity index is 949. The number of hydrogen-bond donors (Lipinski definition) is 2. The highest BCUT2D eigenvalue weighted by atomic mass is 32.1. The molecule has 1 heterocycles. The first kappa shape index (κ1) is 18.1. The molecule has 2 N–H and O–H groups in total. The van der Waals surface area contributed by atoms with Crippen molar-refractivity contribution < 1.29 is 9.59 Å². The summed E-state index contributed by atoms with van der Waals surface area (Å²) in [7, 11) is 0. The Morgan fingerprint density at radius 1 is 1.08 bits per heavy atom. The molecule has 2 aromatic carbocycles. The van der Waals surface area contributed by atoms with Crippen molar-refractivity contribution in [2.75, 3.05) is 5.32 Å². The van der Waals surface area contributed by atoms with E-state index in [2.05, 4.69) is 39.9 Å². The van der Waals surface area contributed by atoms with Gasteiger partial charge in [-0.1, -0.05) is 50.2 Å². The molecule has 0 fully saturated rings. The number of carbonyl (C=O) groups excluding carboxylic acids is 2. The van der Waals surface area contributed by atoms with Gasteiger partial charge in [-0.3, -0.25) is 9.59 Å². The molecule has 1 aromatic heterocycles. The lowest BCUT2D eigenvalue weighted by Crippen LogP contribution is -2.46. The van der Waals surface area contributed by atoms with Crippen LogP contribution in [0.25, 0.3) is 22.0 Å². The summed E-state index contributed by atoms with van der Waals surface area (Å²) in [6.07, 6.45) is 0. The van der Waals surface area contributed by atoms with E-state index in [9.17, 15) is 9.59 Å². The summed E-state index contributed by atoms with van der Waals surface area (Å²) in [5, 5.41) is 10.3. The van der Waals surface area contributed by atoms with Crippen LogP contribution in [-0.2, 0) is 9.59 Å². The Balaban J connectivity index is 1.78. The molecule has 0 saturated carbocycles. The van der Waals surface area contributed by atoms with Crippen LogP contribution in [0.1, 0.15) is 20.8 Å². The number of amides is 2. The number of anilines is 1. The number of nitrogens with zero attached hydrogens (tertiary/aromatic N) is 1. The number of hydrogen-bond acceptors (Lipinski definition) is 4. The summed E-state index contributed by atoms with van der Waals surface area (Å²) in [5.74, 6) is -0.497. The molecule has 1 atom stereocenters. The highest BCUT2D eigenvalue weighted by molar-refractivity contribution is 7.14. The van der Waals surface area contributed by atoms with Crippen LogP contribution in [0, 0.1) is 5.92 Å². The van der Waals surface area contributed by atoms with Crippen LogP contribution in [0.2, 0.25) is 0 Å². The zero-order chi connectivity index (χ0) is 18.7. The third kappa shape index (κ3) is 4.08. The summed E-state index contributed by atoms with van der Waals surface area (Å²) in [5.41, 5.74) is 1.82. The number of carbonyl (C=O) groups is 2. The predicted octanol–water partition coefficient (Wildman–Crippen LogP) is 4.06. The Hall–Kier alpha value is -2.73. The van der Waals surface area contributed by atoms with Gasteiger partial charge in [-0.15, -0.1) is 11.3 Å². The SMILES string of the molecule is CC(=O)N[C@@H](C(=O)Nc1nc(-c2ccc3ccccc3c2)cs1)C(C)C. The van der Waals surface area contributed by atoms with E-state index in [4.69, 9.17) is 0 Å². The maximum Gasteiger partial charge on any atom is 0.248 e. The second-order valence-electron chi connectivity index (χ2n) is 6.51. The van der Waals surface area contributed by atoms with Crippen LogP contribution in [0.4, 0.5) is 5.13 Å². The van der Waals surface area contributed by atoms with Crippen molar-refractivity contribution in [3.05, 3.63) is 47.8 Å². The van der Waals surface area contributed by atoms with Gasteiger partial charge < -0.3 is 10.6 Å². The minimum Gasteiger partial charge on any atom is -0.344 e. The van der Waals surface area contributed by atoms with E-state index in [1.165, 1.54) is 23.6 Å². The molecule has 2 amide bonds. The van der Waals surface area contributed by atoms with E-state index in [1.807, 2.05) is 37.4 Å². The van der Waals surface area contributed by atoms with Crippen LogP contribution in [-0.4, -0.2) is 22.8 Å². The minimum absolute atomic E-state index is 0.0150. The third-order valence-electron chi connectivity index (χ3n) is 4.09. The fraction of sp³-hybridized carbons (Fsp3) is 0.250. The highest BCUT2D eigenvalue weighted by Gasteiger charge is 2.23. The molecule has 0 aliphatic carbocycles. The van der Waals surface area contributed by atoms with Crippen LogP contribution < -0.4 is 10.6 Å². The first-order valence-electron chi connectivity index (χ1n) is 8.46. The standard InChI is InChI=1S/C20H21N3O2S/c1-12(2)18(21-13(3)24)19(25)23-20-22-17(11-26-20)16-9-8-14-6-4-5-7-15(14)10-16/h4-12,18H,1-3H3,(H,21,24)(H,22,23,25)/t18-/m1/s1. The van der Waals surface area contributed by atoms with E-state index in [-0.39, 0.29) is 17.7 Å². The van der Waals surface area contributed by atoms with Gasteiger partial charge in [0.15, 0.2) is 5.13 Å². The molecular weight excluding hydrogens is 346 g/mol. The third-order valence-corrected chi connectivity index (χ3v) is 4.85. The van der Waals surface area contributed by atoms with Gasteiger partial charge in [0.1, 0.15) is 6.04 Å². The van der Waals surface area contributed by atoms with Crippen LogP contribution in [0.15, 0.2) is 47.8 Å². The van der Waals surface area contributed by atoms with Gasteiger partial charge in [-0.25, -0.2) is 4.98 Å². The summed E-state index contributed by atoms with van der Waals surface area (Å²) < 4.78 is 0. The second-order valence-corrected chi connectivity index (χ2v) is 7.37. The van der Waals surface area contributed by atoms with Crippen LogP contribution in [0.3, 0.4) is 0 Å². The van der Waals surface area contributed by atoms with Crippen molar-refractivity contribution in [3.8, 4) is 11.3 Å². The number of nitrogens with one attached hydrogen (secondary N) is 2. The maximum absolute atomic E-state index is 12.5. The number of benzene rings is 2. The molecule has 5 nitrogen and oxygen atoms in total. The van der Waals surface area contributed by atoms with Crippen molar-refractivity contribution >= 4 is 39.1 Å². The zero-order valence-electron chi connectivity index (χ0n) is 14.9. The van der Waals surface area contributed by atoms with E-state index >= 15 is 0 Å². The Labute approximate surface area is 156 Å². The first-order chi connectivity index (χ1) is 12.4. The average molecular weight is 367 g/mol. The fourth-order valence-corrected chi connectivity index (χ4v) is 3.47. The molecule has 0 spiro atoms. The molecule has 0 saturated heterocycles. The number of thiazole rings is 1. The van der Waals surface area contributed by atoms with Crippen molar-refractivity contribution in [3.63, 3.8) is 0 Å². The van der Waals surface area contributed by atoms with Gasteiger partial charge in [0.05, 0.1) is 5.69 Å². The minimum atomic E-state index is -0.583. The fourth-order valence-electron chi connectivity index (χ4n) is 2.75. The summed E-state index contributed by atoms with van der Waals surface area (Å²) in [6, 6.07) is 13.7. The van der Waals surface area contributed by atoms with Gasteiger partial charge in [0, 0.05) is 17.9 Å². The predicted molar refractivity (Wildman–Crippen MR) is 106 cm³/mol. The first-order valence-corrected chi connectivity index (χ1v) is 9.34. The number of aromatic nitrogens is 1. The Kier molecular flexibility index (Phi) is 5.32. The van der Waals surface area contributed by atoms with Crippen molar-refractivity contribution in [1.82, 2.24) is 10.3 Å². The summed E-state index contributed by atoms with van der Waals surface area (Å²) in [6.45, 7) is 5.19. The van der Waals surface area contributed by atoms with Crippen molar-refractivity contribution in [1.29, 1.82) is 0 Å². The topological polar surface area (TPSA) is 71.1 Å². The molecule has 0 bridgehead atoms. The lowest BCUT2D eigenvalue weighted by Gasteiger charge is -2.20. The van der Waals surface area contributed by atoms with Gasteiger partial charge in [0.2, 0.25) is 11.8 Å². The molecule has 0 aliphatic rings. The molecule has 0 radical (unpaired) electrons. The van der Waals surface area contributed by atoms with Gasteiger partial charge >= 0.3 is 0 Å². The molecule has 3 rings (SSSR count). The zero-order valence-corrected chi connectivity index (χ0v) is 15.8. The van der Waals surface area contributed by atoms with E-state index in [0.717, 1.165) is 16.6 Å². The molecular formula is C20H21N3O2S. The number of fused-ring (bicyclic) bond motifs is 1. The molecule has 3 aromatic rings. The average Bonchev–Trinajstić information content (AvgIpc) is 3.07. The molecule has 6 heteroatoms. The largest absolute Gasteiger partial charge is 0.344 e.